The molecule has 0 saturated carbocycles. The van der Waals surface area contributed by atoms with Crippen molar-refractivity contribution in [2.75, 3.05) is 5.73 Å². The number of aromatic nitrogens is 2. The van der Waals surface area contributed by atoms with E-state index in [0.717, 1.165) is 11.3 Å². The van der Waals surface area contributed by atoms with E-state index in [-0.39, 0.29) is 0 Å². The highest BCUT2D eigenvalue weighted by Gasteiger charge is 2.05. The summed E-state index contributed by atoms with van der Waals surface area (Å²) in [6.45, 7) is 7.20. The third-order valence-electron chi connectivity index (χ3n) is 3.10. The predicted octanol–water partition coefficient (Wildman–Crippen LogP) is 0.276. The van der Waals surface area contributed by atoms with E-state index in [1.165, 1.54) is 21.9 Å². The van der Waals surface area contributed by atoms with Crippen LogP contribution in [0, 0.1) is 25.2 Å². The van der Waals surface area contributed by atoms with Gasteiger partial charge in [0.1, 0.15) is 16.8 Å². The summed E-state index contributed by atoms with van der Waals surface area (Å²) in [5.41, 5.74) is 6.79. The first kappa shape index (κ1) is 17.8. The van der Waals surface area contributed by atoms with Gasteiger partial charge in [0, 0.05) is 24.2 Å². The first-order chi connectivity index (χ1) is 10.4. The van der Waals surface area contributed by atoms with Gasteiger partial charge in [-0.25, -0.2) is 0 Å². The summed E-state index contributed by atoms with van der Waals surface area (Å²) in [5, 5.41) is 15.7. The third-order valence-corrected chi connectivity index (χ3v) is 5.28. The summed E-state index contributed by atoms with van der Waals surface area (Å²) in [6.07, 6.45) is 0. The van der Waals surface area contributed by atoms with Crippen molar-refractivity contribution in [2.24, 2.45) is 28.9 Å². The minimum absolute atomic E-state index is 0.404. The van der Waals surface area contributed by atoms with Crippen molar-refractivity contribution in [3.63, 3.8) is 0 Å². The van der Waals surface area contributed by atoms with E-state index in [1.54, 1.807) is 23.0 Å². The van der Waals surface area contributed by atoms with Gasteiger partial charge in [0.2, 0.25) is 9.60 Å². The van der Waals surface area contributed by atoms with Crippen LogP contribution in [-0.4, -0.2) is 9.13 Å². The van der Waals surface area contributed by atoms with E-state index in [0.29, 0.717) is 15.5 Å². The molecule has 120 valence electrons. The maximum Gasteiger partial charge on any atom is 0.210 e. The van der Waals surface area contributed by atoms with Crippen LogP contribution in [0.1, 0.15) is 22.4 Å². The fourth-order valence-corrected chi connectivity index (χ4v) is 3.45. The molecule has 8 nitrogen and oxygen atoms in total. The van der Waals surface area contributed by atoms with Crippen LogP contribution in [0.4, 0.5) is 5.82 Å². The lowest BCUT2D eigenvalue weighted by molar-refractivity contribution is 0.702. The van der Waals surface area contributed by atoms with Gasteiger partial charge < -0.3 is 26.6 Å². The van der Waals surface area contributed by atoms with Gasteiger partial charge in [0.15, 0.2) is 0 Å². The normalized spacial score (nSPS) is 12.0. The van der Waals surface area contributed by atoms with Crippen LogP contribution in [0.25, 0.3) is 0 Å². The minimum atomic E-state index is 0.404. The molecule has 0 atom stereocenters. The Labute approximate surface area is 136 Å². The van der Waals surface area contributed by atoms with Gasteiger partial charge in [0.25, 0.3) is 0 Å². The van der Waals surface area contributed by atoms with Gasteiger partial charge >= 0.3 is 0 Å². The first-order valence-electron chi connectivity index (χ1n) is 6.41. The molecule has 2 rings (SSSR count). The maximum absolute atomic E-state index is 8.54. The van der Waals surface area contributed by atoms with Crippen LogP contribution in [0.15, 0.2) is 10.2 Å². The van der Waals surface area contributed by atoms with E-state index in [9.17, 15) is 0 Å². The smallest absolute Gasteiger partial charge is 0.210 e. The fraction of sp³-hybridized carbons (Fsp3) is 0.417. The molecule has 0 aliphatic heterocycles. The molecule has 0 aromatic carbocycles. The number of nitriles is 1. The number of nitrogen functional groups attached to an aromatic ring is 1. The van der Waals surface area contributed by atoms with Crippen LogP contribution in [0.2, 0.25) is 0 Å². The van der Waals surface area contributed by atoms with Crippen molar-refractivity contribution < 1.29 is 0 Å². The highest BCUT2D eigenvalue weighted by molar-refractivity contribution is 7.10. The van der Waals surface area contributed by atoms with E-state index in [2.05, 4.69) is 35.5 Å². The third kappa shape index (κ3) is 3.49. The molecule has 0 aliphatic carbocycles. The number of anilines is 1. The lowest BCUT2D eigenvalue weighted by Crippen LogP contribution is -2.16. The number of aryl methyl sites for hydroxylation is 1. The van der Waals surface area contributed by atoms with E-state index in [1.807, 2.05) is 6.07 Å². The minimum Gasteiger partial charge on any atom is -0.383 e. The summed E-state index contributed by atoms with van der Waals surface area (Å²) in [7, 11) is 1.71. The van der Waals surface area contributed by atoms with Gasteiger partial charge in [-0.2, -0.15) is 15.5 Å². The van der Waals surface area contributed by atoms with Crippen LogP contribution >= 0.6 is 22.7 Å². The first-order valence-corrected chi connectivity index (χ1v) is 8.04. The molecule has 0 saturated heterocycles. The van der Waals surface area contributed by atoms with Gasteiger partial charge in [0.05, 0.1) is 0 Å². The highest BCUT2D eigenvalue weighted by Crippen LogP contribution is 2.11. The van der Waals surface area contributed by atoms with E-state index >= 15 is 0 Å². The second-order valence-corrected chi connectivity index (χ2v) is 6.46. The Morgan fingerprint density at radius 2 is 1.77 bits per heavy atom. The number of thiazole rings is 2. The summed E-state index contributed by atoms with van der Waals surface area (Å²) < 4.78 is 3.68. The molecule has 0 radical (unpaired) electrons. The van der Waals surface area contributed by atoms with E-state index in [4.69, 9.17) is 22.7 Å². The average molecular weight is 340 g/mol. The molecule has 2 aromatic heterocycles. The Morgan fingerprint density at radius 1 is 1.18 bits per heavy atom. The number of rotatable bonds is 1. The topological polar surface area (TPSA) is 136 Å². The Hall–Kier alpha value is -2.25. The SMILES string of the molecule is CCn1c(C)c(C)sc1=NN.Cn1c(N)c(C#N)sc1=NN. The molecule has 2 aromatic rings. The Morgan fingerprint density at radius 3 is 2.09 bits per heavy atom. The van der Waals surface area contributed by atoms with Crippen molar-refractivity contribution in [3.8, 4) is 6.07 Å². The Balaban J connectivity index is 0.000000220. The Bertz CT molecular complexity index is 806. The predicted molar refractivity (Wildman–Crippen MR) is 89.4 cm³/mol. The molecule has 22 heavy (non-hydrogen) atoms. The molecular weight excluding hydrogens is 320 g/mol. The zero-order valence-electron chi connectivity index (χ0n) is 13.0. The number of nitrogens with two attached hydrogens (primary N) is 3. The second-order valence-electron chi connectivity index (χ2n) is 4.30. The molecule has 0 spiro atoms. The molecule has 0 bridgehead atoms. The van der Waals surface area contributed by atoms with Crippen molar-refractivity contribution in [2.45, 2.75) is 27.3 Å². The second kappa shape index (κ2) is 7.67. The zero-order valence-corrected chi connectivity index (χ0v) is 14.6. The van der Waals surface area contributed by atoms with Gasteiger partial charge in [-0.15, -0.1) is 11.3 Å². The maximum atomic E-state index is 8.54. The largest absolute Gasteiger partial charge is 0.383 e. The van der Waals surface area contributed by atoms with Crippen LogP contribution in [-0.2, 0) is 13.6 Å². The Kier molecular flexibility index (Phi) is 6.21. The summed E-state index contributed by atoms with van der Waals surface area (Å²) in [4.78, 5) is 3.18. The van der Waals surface area contributed by atoms with Gasteiger partial charge in [-0.05, 0) is 20.8 Å². The van der Waals surface area contributed by atoms with Crippen molar-refractivity contribution >= 4 is 28.5 Å². The van der Waals surface area contributed by atoms with E-state index < -0.39 is 0 Å². The summed E-state index contributed by atoms with van der Waals surface area (Å²) >= 11 is 2.81. The molecule has 0 amide bonds. The summed E-state index contributed by atoms with van der Waals surface area (Å²) in [5.74, 6) is 10.7. The highest BCUT2D eigenvalue weighted by atomic mass is 32.1. The number of hydrogen-bond acceptors (Lipinski definition) is 8. The van der Waals surface area contributed by atoms with Crippen LogP contribution < -0.4 is 27.0 Å². The van der Waals surface area contributed by atoms with Crippen molar-refractivity contribution in [3.05, 3.63) is 25.1 Å². The quantitative estimate of drug-likeness (QED) is 0.507. The lowest BCUT2D eigenvalue weighted by atomic mass is 10.4. The number of hydrogen-bond donors (Lipinski definition) is 3. The molecule has 0 fully saturated rings. The lowest BCUT2D eigenvalue weighted by Gasteiger charge is -1.99. The van der Waals surface area contributed by atoms with Gasteiger partial charge in [-0.1, -0.05) is 11.3 Å². The molecular formula is C12H20N8S2. The molecule has 6 N–H and O–H groups in total. The molecule has 0 aliphatic rings. The van der Waals surface area contributed by atoms with Crippen LogP contribution in [0.5, 0.6) is 0 Å². The van der Waals surface area contributed by atoms with Crippen LogP contribution in [0.3, 0.4) is 0 Å². The monoisotopic (exact) mass is 340 g/mol. The molecule has 0 unspecified atom stereocenters. The zero-order chi connectivity index (χ0) is 16.9. The fourth-order valence-electron chi connectivity index (χ4n) is 1.73. The van der Waals surface area contributed by atoms with Crippen molar-refractivity contribution in [1.82, 2.24) is 9.13 Å². The molecule has 2 heterocycles. The summed E-state index contributed by atoms with van der Waals surface area (Å²) in [6, 6.07) is 1.95. The van der Waals surface area contributed by atoms with Gasteiger partial charge in [-0.3, -0.25) is 0 Å². The number of nitrogens with zero attached hydrogens (tertiary/aromatic N) is 5. The van der Waals surface area contributed by atoms with Crippen molar-refractivity contribution in [1.29, 1.82) is 5.26 Å². The average Bonchev–Trinajstić information content (AvgIpc) is 2.97. The molecule has 10 heteroatoms. The standard InChI is InChI=1S/C7H13N3S.C5H7N5S/c1-4-10-5(2)6(3)11-7(10)9-8;1-10-4(7)3(2-6)11-5(10)9-8/h4,8H2,1-3H3;7-8H2,1H3.